The van der Waals surface area contributed by atoms with Crippen molar-refractivity contribution in [1.82, 2.24) is 0 Å². The zero-order valence-corrected chi connectivity index (χ0v) is 10.8. The van der Waals surface area contributed by atoms with Crippen molar-refractivity contribution in [3.63, 3.8) is 0 Å². The predicted molar refractivity (Wildman–Crippen MR) is 67.6 cm³/mol. The highest BCUT2D eigenvalue weighted by Gasteiger charge is 2.20. The van der Waals surface area contributed by atoms with Crippen molar-refractivity contribution in [2.24, 2.45) is 0 Å². The molecule has 0 radical (unpaired) electrons. The van der Waals surface area contributed by atoms with Crippen LogP contribution in [0.4, 0.5) is 10.1 Å². The third-order valence-corrected chi connectivity index (χ3v) is 2.47. The van der Waals surface area contributed by atoms with Crippen molar-refractivity contribution < 1.29 is 19.0 Å². The molecule has 0 heterocycles. The van der Waals surface area contributed by atoms with Gasteiger partial charge in [0.2, 0.25) is 0 Å². The van der Waals surface area contributed by atoms with Crippen LogP contribution < -0.4 is 5.32 Å². The second-order valence-electron chi connectivity index (χ2n) is 4.51. The lowest BCUT2D eigenvalue weighted by Gasteiger charge is -2.25. The molecule has 5 heteroatoms. The lowest BCUT2D eigenvalue weighted by molar-refractivity contribution is 0.000651. The number of ether oxygens (including phenoxy) is 1. The number of aromatic carboxylic acids is 1. The Morgan fingerprint density at radius 2 is 2.17 bits per heavy atom. The Balaban J connectivity index is 2.85. The SMILES string of the molecule is CCOC(C)(C)CNc1cccc(F)c1C(=O)O. The minimum atomic E-state index is -1.29. The molecule has 18 heavy (non-hydrogen) atoms. The molecule has 4 nitrogen and oxygen atoms in total. The number of anilines is 1. The first-order chi connectivity index (χ1) is 8.37. The van der Waals surface area contributed by atoms with Gasteiger partial charge in [-0.3, -0.25) is 0 Å². The van der Waals surface area contributed by atoms with E-state index in [1.54, 1.807) is 0 Å². The largest absolute Gasteiger partial charge is 0.478 e. The molecule has 0 aliphatic heterocycles. The Bertz CT molecular complexity index is 432. The zero-order chi connectivity index (χ0) is 13.8. The van der Waals surface area contributed by atoms with Crippen LogP contribution in [0.3, 0.4) is 0 Å². The van der Waals surface area contributed by atoms with Gasteiger partial charge in [-0.05, 0) is 32.9 Å². The molecular weight excluding hydrogens is 237 g/mol. The van der Waals surface area contributed by atoms with Gasteiger partial charge in [0.1, 0.15) is 11.4 Å². The van der Waals surface area contributed by atoms with Crippen molar-refractivity contribution in [3.8, 4) is 0 Å². The topological polar surface area (TPSA) is 58.6 Å². The van der Waals surface area contributed by atoms with Gasteiger partial charge in [-0.15, -0.1) is 0 Å². The molecule has 0 bridgehead atoms. The number of benzene rings is 1. The number of rotatable bonds is 6. The maximum atomic E-state index is 13.4. The molecule has 0 saturated heterocycles. The van der Waals surface area contributed by atoms with Crippen molar-refractivity contribution in [1.29, 1.82) is 0 Å². The molecule has 0 fully saturated rings. The molecule has 0 aliphatic carbocycles. The summed E-state index contributed by atoms with van der Waals surface area (Å²) >= 11 is 0. The molecular formula is C13H18FNO3. The second-order valence-corrected chi connectivity index (χ2v) is 4.51. The highest BCUT2D eigenvalue weighted by atomic mass is 19.1. The fourth-order valence-corrected chi connectivity index (χ4v) is 1.64. The number of carboxylic acid groups (broad SMARTS) is 1. The van der Waals surface area contributed by atoms with Crippen LogP contribution >= 0.6 is 0 Å². The van der Waals surface area contributed by atoms with E-state index < -0.39 is 17.4 Å². The Morgan fingerprint density at radius 1 is 1.50 bits per heavy atom. The molecule has 100 valence electrons. The Morgan fingerprint density at radius 3 is 2.72 bits per heavy atom. The lowest BCUT2D eigenvalue weighted by atomic mass is 10.1. The van der Waals surface area contributed by atoms with Crippen LogP contribution in [0.1, 0.15) is 31.1 Å². The molecule has 0 atom stereocenters. The van der Waals surface area contributed by atoms with E-state index in [0.717, 1.165) is 6.07 Å². The first kappa shape index (κ1) is 14.4. The van der Waals surface area contributed by atoms with Crippen LogP contribution in [0.5, 0.6) is 0 Å². The summed E-state index contributed by atoms with van der Waals surface area (Å²) in [6.07, 6.45) is 0. The molecule has 0 spiro atoms. The van der Waals surface area contributed by atoms with Crippen LogP contribution in [0, 0.1) is 5.82 Å². The summed E-state index contributed by atoms with van der Waals surface area (Å²) in [5, 5.41) is 11.9. The Hall–Kier alpha value is -1.62. The fourth-order valence-electron chi connectivity index (χ4n) is 1.64. The first-order valence-electron chi connectivity index (χ1n) is 5.77. The standard InChI is InChI=1S/C13H18FNO3/c1-4-18-13(2,3)8-15-10-7-5-6-9(14)11(10)12(16)17/h5-7,15H,4,8H2,1-3H3,(H,16,17). The van der Waals surface area contributed by atoms with E-state index in [1.165, 1.54) is 12.1 Å². The summed E-state index contributed by atoms with van der Waals surface area (Å²) in [5.41, 5.74) is -0.531. The van der Waals surface area contributed by atoms with E-state index in [9.17, 15) is 9.18 Å². The average Bonchev–Trinajstić information content (AvgIpc) is 2.26. The molecule has 0 unspecified atom stereocenters. The van der Waals surface area contributed by atoms with E-state index in [4.69, 9.17) is 9.84 Å². The normalized spacial score (nSPS) is 11.3. The molecule has 0 aromatic heterocycles. The number of carbonyl (C=O) groups is 1. The minimum Gasteiger partial charge on any atom is -0.478 e. The van der Waals surface area contributed by atoms with E-state index in [0.29, 0.717) is 13.2 Å². The van der Waals surface area contributed by atoms with Crippen LogP contribution in [-0.4, -0.2) is 29.8 Å². The van der Waals surface area contributed by atoms with Gasteiger partial charge in [0, 0.05) is 13.2 Å². The quantitative estimate of drug-likeness (QED) is 0.820. The maximum Gasteiger partial charge on any atom is 0.340 e. The molecule has 1 aromatic carbocycles. The summed E-state index contributed by atoms with van der Waals surface area (Å²) in [5.74, 6) is -2.04. The number of nitrogens with one attached hydrogen (secondary N) is 1. The van der Waals surface area contributed by atoms with E-state index in [1.807, 2.05) is 20.8 Å². The van der Waals surface area contributed by atoms with Gasteiger partial charge in [0.05, 0.1) is 11.3 Å². The third-order valence-electron chi connectivity index (χ3n) is 2.47. The highest BCUT2D eigenvalue weighted by Crippen LogP contribution is 2.20. The van der Waals surface area contributed by atoms with Gasteiger partial charge >= 0.3 is 5.97 Å². The molecule has 0 saturated carbocycles. The van der Waals surface area contributed by atoms with Crippen LogP contribution in [0.25, 0.3) is 0 Å². The van der Waals surface area contributed by atoms with E-state index >= 15 is 0 Å². The van der Waals surface area contributed by atoms with Crippen molar-refractivity contribution in [2.75, 3.05) is 18.5 Å². The number of carboxylic acids is 1. The van der Waals surface area contributed by atoms with Crippen molar-refractivity contribution >= 4 is 11.7 Å². The van der Waals surface area contributed by atoms with E-state index in [2.05, 4.69) is 5.32 Å². The monoisotopic (exact) mass is 255 g/mol. The predicted octanol–water partition coefficient (Wildman–Crippen LogP) is 2.75. The maximum absolute atomic E-state index is 13.4. The molecule has 2 N–H and O–H groups in total. The van der Waals surface area contributed by atoms with Gasteiger partial charge in [-0.1, -0.05) is 6.07 Å². The van der Waals surface area contributed by atoms with Crippen molar-refractivity contribution in [3.05, 3.63) is 29.6 Å². The number of hydrogen-bond donors (Lipinski definition) is 2. The Kier molecular flexibility index (Phi) is 4.67. The summed E-state index contributed by atoms with van der Waals surface area (Å²) in [7, 11) is 0. The molecule has 1 aromatic rings. The molecule has 1 rings (SSSR count). The molecule has 0 amide bonds. The number of halogens is 1. The van der Waals surface area contributed by atoms with E-state index in [-0.39, 0.29) is 11.3 Å². The summed E-state index contributed by atoms with van der Waals surface area (Å²) in [4.78, 5) is 11.0. The van der Waals surface area contributed by atoms with Crippen LogP contribution in [0.15, 0.2) is 18.2 Å². The minimum absolute atomic E-state index is 0.260. The van der Waals surface area contributed by atoms with Gasteiger partial charge in [0.15, 0.2) is 0 Å². The highest BCUT2D eigenvalue weighted by molar-refractivity contribution is 5.94. The third kappa shape index (κ3) is 3.70. The van der Waals surface area contributed by atoms with Crippen LogP contribution in [-0.2, 0) is 4.74 Å². The lowest BCUT2D eigenvalue weighted by Crippen LogP contribution is -2.33. The van der Waals surface area contributed by atoms with Crippen molar-refractivity contribution in [2.45, 2.75) is 26.4 Å². The number of hydrogen-bond acceptors (Lipinski definition) is 3. The smallest absolute Gasteiger partial charge is 0.340 e. The van der Waals surface area contributed by atoms with Gasteiger partial charge in [0.25, 0.3) is 0 Å². The zero-order valence-electron chi connectivity index (χ0n) is 10.8. The molecule has 0 aliphatic rings. The van der Waals surface area contributed by atoms with Gasteiger partial charge in [-0.2, -0.15) is 0 Å². The second kappa shape index (κ2) is 5.82. The van der Waals surface area contributed by atoms with Gasteiger partial charge in [-0.25, -0.2) is 9.18 Å². The average molecular weight is 255 g/mol. The van der Waals surface area contributed by atoms with Crippen LogP contribution in [0.2, 0.25) is 0 Å². The van der Waals surface area contributed by atoms with Gasteiger partial charge < -0.3 is 15.2 Å². The first-order valence-corrected chi connectivity index (χ1v) is 5.77. The Labute approximate surface area is 106 Å². The summed E-state index contributed by atoms with van der Waals surface area (Å²) in [6.45, 7) is 6.59. The summed E-state index contributed by atoms with van der Waals surface area (Å²) in [6, 6.07) is 4.13. The fraction of sp³-hybridized carbons (Fsp3) is 0.462. The summed E-state index contributed by atoms with van der Waals surface area (Å²) < 4.78 is 18.9.